The molecular weight excluding hydrogens is 326 g/mol. The molecule has 0 spiro atoms. The number of amides is 1. The highest BCUT2D eigenvalue weighted by Crippen LogP contribution is 2.17. The first-order valence-corrected chi connectivity index (χ1v) is 9.81. The van der Waals surface area contributed by atoms with Crippen LogP contribution in [0.3, 0.4) is 0 Å². The molecule has 1 fully saturated rings. The number of piperidine rings is 1. The lowest BCUT2D eigenvalue weighted by Crippen LogP contribution is -2.49. The minimum absolute atomic E-state index is 0.0657. The lowest BCUT2D eigenvalue weighted by Gasteiger charge is -2.32. The van der Waals surface area contributed by atoms with Crippen LogP contribution in [0.25, 0.3) is 5.69 Å². The van der Waals surface area contributed by atoms with E-state index in [2.05, 4.69) is 4.72 Å². The second kappa shape index (κ2) is 6.78. The fraction of sp³-hybridized carbons (Fsp3) is 0.353. The Morgan fingerprint density at radius 1 is 1.21 bits per heavy atom. The molecule has 0 saturated carbocycles. The van der Waals surface area contributed by atoms with Gasteiger partial charge in [-0.05, 0) is 43.2 Å². The number of likely N-dealkylation sites (tertiary alicyclic amines) is 1. The van der Waals surface area contributed by atoms with Crippen molar-refractivity contribution in [3.63, 3.8) is 0 Å². The second-order valence-electron chi connectivity index (χ2n) is 6.12. The predicted molar refractivity (Wildman–Crippen MR) is 92.7 cm³/mol. The molecule has 1 aliphatic rings. The molecule has 0 bridgehead atoms. The first-order chi connectivity index (χ1) is 11.4. The second-order valence-corrected chi connectivity index (χ2v) is 7.90. The Balaban J connectivity index is 1.75. The van der Waals surface area contributed by atoms with Gasteiger partial charge in [0.25, 0.3) is 5.91 Å². The van der Waals surface area contributed by atoms with Crippen LogP contribution in [0.15, 0.2) is 48.8 Å². The van der Waals surface area contributed by atoms with Gasteiger partial charge in [-0.1, -0.05) is 6.07 Å². The predicted octanol–water partition coefficient (Wildman–Crippen LogP) is 1.63. The summed E-state index contributed by atoms with van der Waals surface area (Å²) in [4.78, 5) is 14.5. The van der Waals surface area contributed by atoms with Crippen molar-refractivity contribution in [1.82, 2.24) is 14.2 Å². The van der Waals surface area contributed by atoms with Crippen molar-refractivity contribution >= 4 is 15.9 Å². The third-order valence-electron chi connectivity index (χ3n) is 4.09. The van der Waals surface area contributed by atoms with E-state index < -0.39 is 10.0 Å². The van der Waals surface area contributed by atoms with Crippen molar-refractivity contribution in [2.45, 2.75) is 18.9 Å². The lowest BCUT2D eigenvalue weighted by atomic mass is 10.1. The van der Waals surface area contributed by atoms with Gasteiger partial charge in [-0.15, -0.1) is 0 Å². The summed E-state index contributed by atoms with van der Waals surface area (Å²) in [6, 6.07) is 11.1. The Morgan fingerprint density at radius 3 is 2.67 bits per heavy atom. The van der Waals surface area contributed by atoms with Gasteiger partial charge in [0.05, 0.1) is 6.26 Å². The molecule has 3 rings (SSSR count). The van der Waals surface area contributed by atoms with Gasteiger partial charge in [0.1, 0.15) is 0 Å². The van der Waals surface area contributed by atoms with E-state index in [9.17, 15) is 13.2 Å². The maximum absolute atomic E-state index is 12.8. The summed E-state index contributed by atoms with van der Waals surface area (Å²) in [6.07, 6.45) is 6.54. The molecule has 128 valence electrons. The Morgan fingerprint density at radius 2 is 1.96 bits per heavy atom. The van der Waals surface area contributed by atoms with Gasteiger partial charge in [0.2, 0.25) is 10.0 Å². The topological polar surface area (TPSA) is 71.4 Å². The molecule has 1 N–H and O–H groups in total. The van der Waals surface area contributed by atoms with Gasteiger partial charge in [-0.3, -0.25) is 4.79 Å². The van der Waals surface area contributed by atoms with Gasteiger partial charge in [0, 0.05) is 42.8 Å². The van der Waals surface area contributed by atoms with Crippen LogP contribution in [-0.2, 0) is 10.0 Å². The lowest BCUT2D eigenvalue weighted by molar-refractivity contribution is 0.0703. The molecule has 2 heterocycles. The first-order valence-electron chi connectivity index (χ1n) is 7.92. The third-order valence-corrected chi connectivity index (χ3v) is 4.85. The Hall–Kier alpha value is -2.12. The Bertz CT molecular complexity index is 815. The molecule has 0 aliphatic carbocycles. The summed E-state index contributed by atoms with van der Waals surface area (Å²) in [5.41, 5.74) is 1.54. The van der Waals surface area contributed by atoms with E-state index in [0.717, 1.165) is 24.8 Å². The van der Waals surface area contributed by atoms with E-state index in [-0.39, 0.29) is 11.9 Å². The number of benzene rings is 1. The molecule has 0 radical (unpaired) electrons. The van der Waals surface area contributed by atoms with Crippen molar-refractivity contribution in [2.75, 3.05) is 19.3 Å². The Kier molecular flexibility index (Phi) is 4.73. The van der Waals surface area contributed by atoms with E-state index in [1.54, 1.807) is 11.0 Å². The number of sulfonamides is 1. The molecule has 7 heteroatoms. The normalized spacial score (nSPS) is 18.5. The third kappa shape index (κ3) is 4.04. The number of nitrogens with zero attached hydrogens (tertiary/aromatic N) is 2. The van der Waals surface area contributed by atoms with Crippen molar-refractivity contribution < 1.29 is 13.2 Å². The van der Waals surface area contributed by atoms with Crippen LogP contribution in [-0.4, -0.2) is 49.2 Å². The molecule has 24 heavy (non-hydrogen) atoms. The number of aromatic nitrogens is 1. The number of hydrogen-bond acceptors (Lipinski definition) is 3. The number of carbonyl (C=O) groups is 1. The summed E-state index contributed by atoms with van der Waals surface area (Å²) < 4.78 is 27.4. The molecule has 1 amide bonds. The van der Waals surface area contributed by atoms with Crippen molar-refractivity contribution in [3.05, 3.63) is 54.4 Å². The molecule has 1 aliphatic heterocycles. The van der Waals surface area contributed by atoms with Gasteiger partial charge in [-0.25, -0.2) is 13.1 Å². The van der Waals surface area contributed by atoms with Crippen LogP contribution >= 0.6 is 0 Å². The largest absolute Gasteiger partial charge is 0.337 e. The van der Waals surface area contributed by atoms with Crippen molar-refractivity contribution in [3.8, 4) is 5.69 Å². The van der Waals surface area contributed by atoms with Gasteiger partial charge >= 0.3 is 0 Å². The van der Waals surface area contributed by atoms with Crippen LogP contribution in [0.2, 0.25) is 0 Å². The summed E-state index contributed by atoms with van der Waals surface area (Å²) in [5, 5.41) is 0. The maximum atomic E-state index is 12.8. The van der Waals surface area contributed by atoms with Crippen LogP contribution in [0.5, 0.6) is 0 Å². The molecule has 1 unspecified atom stereocenters. The highest BCUT2D eigenvalue weighted by Gasteiger charge is 2.26. The maximum Gasteiger partial charge on any atom is 0.253 e. The smallest absolute Gasteiger partial charge is 0.253 e. The minimum Gasteiger partial charge on any atom is -0.337 e. The molecule has 2 aromatic rings. The molecule has 1 saturated heterocycles. The van der Waals surface area contributed by atoms with E-state index >= 15 is 0 Å². The molecule has 1 aromatic carbocycles. The summed E-state index contributed by atoms with van der Waals surface area (Å²) in [6.45, 7) is 1.05. The average Bonchev–Trinajstić information content (AvgIpc) is 3.07. The zero-order valence-corrected chi connectivity index (χ0v) is 14.4. The SMILES string of the molecule is CS(=O)(=O)NC1CCCN(C(=O)c2cccc(-n3cccc3)c2)C1. The number of nitrogens with one attached hydrogen (secondary N) is 1. The van der Waals surface area contributed by atoms with Gasteiger partial charge < -0.3 is 9.47 Å². The summed E-state index contributed by atoms with van der Waals surface area (Å²) >= 11 is 0. The van der Waals surface area contributed by atoms with Gasteiger partial charge in [-0.2, -0.15) is 0 Å². The van der Waals surface area contributed by atoms with Gasteiger partial charge in [0.15, 0.2) is 0 Å². The molecule has 1 atom stereocenters. The first kappa shape index (κ1) is 16.7. The van der Waals surface area contributed by atoms with Crippen LogP contribution in [0.4, 0.5) is 0 Å². The Labute approximate surface area is 142 Å². The summed E-state index contributed by atoms with van der Waals surface area (Å²) in [5.74, 6) is -0.0657. The van der Waals surface area contributed by atoms with Crippen LogP contribution in [0.1, 0.15) is 23.2 Å². The van der Waals surface area contributed by atoms with E-state index in [1.165, 1.54) is 0 Å². The van der Waals surface area contributed by atoms with Crippen LogP contribution in [0, 0.1) is 0 Å². The summed E-state index contributed by atoms with van der Waals surface area (Å²) in [7, 11) is -3.27. The zero-order valence-electron chi connectivity index (χ0n) is 13.6. The van der Waals surface area contributed by atoms with E-state index in [1.807, 2.05) is 47.3 Å². The standard InChI is InChI=1S/C17H21N3O3S/c1-24(22,23)18-15-7-5-11-20(13-15)17(21)14-6-4-8-16(12-14)19-9-2-3-10-19/h2-4,6,8-10,12,15,18H,5,7,11,13H2,1H3. The molecule has 1 aromatic heterocycles. The number of hydrogen-bond donors (Lipinski definition) is 1. The highest BCUT2D eigenvalue weighted by molar-refractivity contribution is 7.88. The van der Waals surface area contributed by atoms with Crippen LogP contribution < -0.4 is 4.72 Å². The minimum atomic E-state index is -3.27. The fourth-order valence-electron chi connectivity index (χ4n) is 3.05. The zero-order chi connectivity index (χ0) is 17.2. The number of rotatable bonds is 4. The monoisotopic (exact) mass is 347 g/mol. The molecular formula is C17H21N3O3S. The number of carbonyl (C=O) groups excluding carboxylic acids is 1. The quantitative estimate of drug-likeness (QED) is 0.914. The average molecular weight is 347 g/mol. The highest BCUT2D eigenvalue weighted by atomic mass is 32.2. The van der Waals surface area contributed by atoms with E-state index in [0.29, 0.717) is 18.7 Å². The van der Waals surface area contributed by atoms with E-state index in [4.69, 9.17) is 0 Å². The van der Waals surface area contributed by atoms with Crippen molar-refractivity contribution in [2.24, 2.45) is 0 Å². The fourth-order valence-corrected chi connectivity index (χ4v) is 3.85. The molecule has 6 nitrogen and oxygen atoms in total. The van der Waals surface area contributed by atoms with Crippen molar-refractivity contribution in [1.29, 1.82) is 0 Å².